The number of aromatic amines is 1. The van der Waals surface area contributed by atoms with Gasteiger partial charge in [-0.3, -0.25) is 9.36 Å². The minimum atomic E-state index is -0.422. The first-order chi connectivity index (χ1) is 18.1. The molecule has 0 radical (unpaired) electrons. The van der Waals surface area contributed by atoms with Gasteiger partial charge in [0, 0.05) is 24.6 Å². The molecule has 1 N–H and O–H groups in total. The van der Waals surface area contributed by atoms with Crippen LogP contribution < -0.4 is 25.5 Å². The third-order valence-electron chi connectivity index (χ3n) is 7.50. The van der Waals surface area contributed by atoms with Gasteiger partial charge in [-0.1, -0.05) is 6.07 Å². The van der Waals surface area contributed by atoms with E-state index in [0.717, 1.165) is 57.0 Å². The fourth-order valence-corrected chi connectivity index (χ4v) is 6.66. The van der Waals surface area contributed by atoms with Crippen LogP contribution in [0.15, 0.2) is 34.0 Å². The number of ether oxygens (including phenoxy) is 3. The Morgan fingerprint density at radius 1 is 1.18 bits per heavy atom. The molecule has 0 amide bonds. The summed E-state index contributed by atoms with van der Waals surface area (Å²) >= 11 is 1.24. The molecule has 10 nitrogen and oxygen atoms in total. The van der Waals surface area contributed by atoms with Crippen molar-refractivity contribution >= 4 is 44.3 Å². The number of aromatic nitrogens is 4. The van der Waals surface area contributed by atoms with E-state index in [9.17, 15) is 9.59 Å². The average Bonchev–Trinajstić information content (AvgIpc) is 3.29. The maximum absolute atomic E-state index is 13.1. The molecule has 5 heterocycles. The second-order valence-electron chi connectivity index (χ2n) is 9.61. The highest BCUT2D eigenvalue weighted by Crippen LogP contribution is 2.46. The second-order valence-corrected chi connectivity index (χ2v) is 10.6. The van der Waals surface area contributed by atoms with Gasteiger partial charge in [0.2, 0.25) is 5.88 Å². The van der Waals surface area contributed by atoms with Crippen molar-refractivity contribution in [2.75, 3.05) is 40.5 Å². The molecule has 2 aliphatic rings. The highest BCUT2D eigenvalue weighted by Gasteiger charge is 2.37. The van der Waals surface area contributed by atoms with Crippen molar-refractivity contribution in [1.82, 2.24) is 24.4 Å². The van der Waals surface area contributed by atoms with Gasteiger partial charge in [-0.25, -0.2) is 14.8 Å². The van der Waals surface area contributed by atoms with Gasteiger partial charge in [-0.05, 0) is 50.4 Å². The minimum absolute atomic E-state index is 0. The molecule has 0 unspecified atom stereocenters. The predicted octanol–water partition coefficient (Wildman–Crippen LogP) is 3.41. The lowest BCUT2D eigenvalue weighted by atomic mass is 9.78. The van der Waals surface area contributed by atoms with E-state index < -0.39 is 5.69 Å². The maximum Gasteiger partial charge on any atom is 0.328 e. The van der Waals surface area contributed by atoms with E-state index in [1.807, 2.05) is 18.2 Å². The molecule has 2 atom stereocenters. The number of halogens is 1. The number of nitrogens with one attached hydrogen (secondary N) is 1. The summed E-state index contributed by atoms with van der Waals surface area (Å²) in [6.07, 6.45) is 4.21. The number of nitrogens with zero attached hydrogens (tertiary/aromatic N) is 4. The molecule has 0 saturated carbocycles. The first kappa shape index (κ1) is 26.5. The molecule has 4 aromatic rings. The molecule has 0 spiro atoms. The van der Waals surface area contributed by atoms with Gasteiger partial charge in [-0.2, -0.15) is 0 Å². The third-order valence-corrected chi connectivity index (χ3v) is 8.57. The third kappa shape index (κ3) is 4.63. The number of hydrogen-bond acceptors (Lipinski definition) is 9. The van der Waals surface area contributed by atoms with Gasteiger partial charge < -0.3 is 24.1 Å². The summed E-state index contributed by atoms with van der Waals surface area (Å²) in [5.74, 6) is 3.08. The van der Waals surface area contributed by atoms with Crippen LogP contribution in [-0.2, 0) is 6.54 Å². The lowest BCUT2D eigenvalue weighted by molar-refractivity contribution is 0.0902. The summed E-state index contributed by atoms with van der Waals surface area (Å²) in [5.41, 5.74) is 1.40. The number of benzene rings is 1. The second kappa shape index (κ2) is 10.9. The number of hydrogen-bond donors (Lipinski definition) is 1. The molecule has 1 aromatic carbocycles. The first-order valence-corrected chi connectivity index (χ1v) is 13.4. The molecule has 2 aliphatic heterocycles. The van der Waals surface area contributed by atoms with Crippen LogP contribution in [0.3, 0.4) is 0 Å². The van der Waals surface area contributed by atoms with E-state index in [1.165, 1.54) is 34.8 Å². The van der Waals surface area contributed by atoms with Crippen LogP contribution >= 0.6 is 23.7 Å². The van der Waals surface area contributed by atoms with Crippen molar-refractivity contribution in [3.63, 3.8) is 0 Å². The van der Waals surface area contributed by atoms with Crippen LogP contribution in [0.5, 0.6) is 17.4 Å². The minimum Gasteiger partial charge on any atom is -0.496 e. The molecule has 3 aromatic heterocycles. The molecule has 1 fully saturated rings. The van der Waals surface area contributed by atoms with Gasteiger partial charge >= 0.3 is 5.69 Å². The van der Waals surface area contributed by atoms with E-state index in [1.54, 1.807) is 7.11 Å². The lowest BCUT2D eigenvalue weighted by Crippen LogP contribution is -2.44. The number of rotatable bonds is 7. The van der Waals surface area contributed by atoms with Crippen LogP contribution in [0.2, 0.25) is 0 Å². The molecule has 0 bridgehead atoms. The highest BCUT2D eigenvalue weighted by molar-refractivity contribution is 7.25. The Morgan fingerprint density at radius 3 is 2.84 bits per heavy atom. The normalized spacial score (nSPS) is 18.9. The fourth-order valence-electron chi connectivity index (χ4n) is 5.67. The van der Waals surface area contributed by atoms with Crippen molar-refractivity contribution in [3.8, 4) is 17.4 Å². The molecule has 38 heavy (non-hydrogen) atoms. The quantitative estimate of drug-likeness (QED) is 0.343. The standard InChI is InChI=1S/C26H29N5O5S.ClH/c1-34-17-6-5-7-18-20(17)16-8-11-30(13-15(16)14-36-18)9-3-4-10-31-25(32)23-21(29-26(31)33)22-24(37-23)27-12-19(28-22)35-2;/h5-7,12,15-16H,3-4,8-11,13-14H2,1-2H3,(H,29,33);1H/t15-,16+;/m0./s1. The van der Waals surface area contributed by atoms with Gasteiger partial charge in [-0.15, -0.1) is 23.7 Å². The molecular formula is C26H30ClN5O5S. The summed E-state index contributed by atoms with van der Waals surface area (Å²) < 4.78 is 18.6. The molecule has 12 heteroatoms. The van der Waals surface area contributed by atoms with Crippen molar-refractivity contribution in [1.29, 1.82) is 0 Å². The first-order valence-electron chi connectivity index (χ1n) is 12.6. The van der Waals surface area contributed by atoms with Gasteiger partial charge in [0.15, 0.2) is 0 Å². The number of thiophene rings is 1. The highest BCUT2D eigenvalue weighted by atomic mass is 35.5. The van der Waals surface area contributed by atoms with Gasteiger partial charge in [0.05, 0.1) is 32.5 Å². The van der Waals surface area contributed by atoms with Crippen molar-refractivity contribution in [2.45, 2.75) is 31.7 Å². The number of likely N-dealkylation sites (tertiary alicyclic amines) is 1. The summed E-state index contributed by atoms with van der Waals surface area (Å²) in [7, 11) is 3.22. The molecule has 1 saturated heterocycles. The lowest BCUT2D eigenvalue weighted by Gasteiger charge is -2.42. The van der Waals surface area contributed by atoms with Crippen molar-refractivity contribution in [2.24, 2.45) is 5.92 Å². The zero-order valence-corrected chi connectivity index (χ0v) is 22.9. The summed E-state index contributed by atoms with van der Waals surface area (Å²) in [4.78, 5) is 40.4. The summed E-state index contributed by atoms with van der Waals surface area (Å²) in [6, 6.07) is 6.03. The Labute approximate surface area is 229 Å². The van der Waals surface area contributed by atoms with Crippen LogP contribution in [0, 0.1) is 5.92 Å². The smallest absolute Gasteiger partial charge is 0.328 e. The maximum atomic E-state index is 13.1. The summed E-state index contributed by atoms with van der Waals surface area (Å²) in [6.45, 7) is 4.00. The molecule has 0 aliphatic carbocycles. The SMILES string of the molecule is COc1cnc2sc3c(=O)n(CCCCN4CC[C@H]5c6c(OC)cccc6OC[C@@H]5C4)c(=O)[nH]c3c2n1.Cl. The molecular weight excluding hydrogens is 530 g/mol. The number of H-pyrrole nitrogens is 1. The van der Waals surface area contributed by atoms with Crippen LogP contribution in [-0.4, -0.2) is 64.9 Å². The Bertz CT molecular complexity index is 1570. The van der Waals surface area contributed by atoms with E-state index in [4.69, 9.17) is 14.2 Å². The monoisotopic (exact) mass is 559 g/mol. The zero-order chi connectivity index (χ0) is 25.5. The Hall–Kier alpha value is -3.15. The molecule has 202 valence electrons. The Kier molecular flexibility index (Phi) is 7.60. The topological polar surface area (TPSA) is 112 Å². The number of piperidine rings is 1. The molecule has 6 rings (SSSR count). The van der Waals surface area contributed by atoms with E-state index in [2.05, 4.69) is 19.9 Å². The van der Waals surface area contributed by atoms with Gasteiger partial charge in [0.25, 0.3) is 5.56 Å². The summed E-state index contributed by atoms with van der Waals surface area (Å²) in [5, 5.41) is 0. The number of unbranched alkanes of at least 4 members (excludes halogenated alkanes) is 1. The van der Waals surface area contributed by atoms with E-state index in [-0.39, 0.29) is 18.0 Å². The zero-order valence-electron chi connectivity index (χ0n) is 21.3. The van der Waals surface area contributed by atoms with Crippen LogP contribution in [0.25, 0.3) is 20.6 Å². The van der Waals surface area contributed by atoms with Crippen LogP contribution in [0.4, 0.5) is 0 Å². The van der Waals surface area contributed by atoms with Crippen molar-refractivity contribution < 1.29 is 14.2 Å². The van der Waals surface area contributed by atoms with Crippen molar-refractivity contribution in [3.05, 3.63) is 50.8 Å². The van der Waals surface area contributed by atoms with Crippen LogP contribution in [0.1, 0.15) is 30.7 Å². The fraction of sp³-hybridized carbons (Fsp3) is 0.462. The predicted molar refractivity (Wildman–Crippen MR) is 149 cm³/mol. The number of fused-ring (bicyclic) bond motifs is 6. The Balaban J connectivity index is 0.00000294. The van der Waals surface area contributed by atoms with E-state index in [0.29, 0.717) is 44.8 Å². The van der Waals surface area contributed by atoms with Gasteiger partial charge in [0.1, 0.15) is 26.5 Å². The average molecular weight is 560 g/mol. The number of methoxy groups -OCH3 is 2. The van der Waals surface area contributed by atoms with E-state index >= 15 is 0 Å². The largest absolute Gasteiger partial charge is 0.496 e. The Morgan fingerprint density at radius 2 is 2.03 bits per heavy atom.